The van der Waals surface area contributed by atoms with Crippen LogP contribution in [0.3, 0.4) is 0 Å². The van der Waals surface area contributed by atoms with Crippen LogP contribution in [0.5, 0.6) is 0 Å². The largest absolute Gasteiger partial charge is 0.367 e. The van der Waals surface area contributed by atoms with Gasteiger partial charge in [-0.2, -0.15) is 4.99 Å². The molecule has 0 aliphatic carbocycles. The van der Waals surface area contributed by atoms with Crippen molar-refractivity contribution in [3.63, 3.8) is 0 Å². The highest BCUT2D eigenvalue weighted by molar-refractivity contribution is 6.18. The van der Waals surface area contributed by atoms with Crippen LogP contribution in [-0.4, -0.2) is 48.2 Å². The van der Waals surface area contributed by atoms with E-state index in [9.17, 15) is 9.59 Å². The molecule has 0 N–H and O–H groups in total. The third kappa shape index (κ3) is 6.57. The molecule has 0 atom stereocenters. The van der Waals surface area contributed by atoms with Crippen LogP contribution in [0.25, 0.3) is 0 Å². The zero-order valence-corrected chi connectivity index (χ0v) is 13.2. The molecule has 0 unspecified atom stereocenters. The number of rotatable bonds is 0. The number of amides is 3. The summed E-state index contributed by atoms with van der Waals surface area (Å²) in [5.41, 5.74) is 0.614. The van der Waals surface area contributed by atoms with Gasteiger partial charge in [0.25, 0.3) is 0 Å². The Morgan fingerprint density at radius 2 is 1.88 bits per heavy atom. The third-order valence-corrected chi connectivity index (χ3v) is 2.80. The normalized spacial score (nSPS) is 18.7. The first-order valence-corrected chi connectivity index (χ1v) is 7.32. The van der Waals surface area contributed by atoms with E-state index in [0.717, 1.165) is 6.21 Å². The van der Waals surface area contributed by atoms with Gasteiger partial charge < -0.3 is 0 Å². The quantitative estimate of drug-likeness (QED) is 0.676. The van der Waals surface area contributed by atoms with Gasteiger partial charge in [-0.1, -0.05) is 6.08 Å². The second-order valence-electron chi connectivity index (χ2n) is 4.50. The van der Waals surface area contributed by atoms with E-state index in [1.54, 1.807) is 42.8 Å². The average molecular weight is 337 g/mol. The zero-order valence-electron chi connectivity index (χ0n) is 13.2. The van der Waals surface area contributed by atoms with Gasteiger partial charge in [-0.25, -0.2) is 9.79 Å². The van der Waals surface area contributed by atoms with E-state index in [2.05, 4.69) is 30.4 Å². The molecular formula is C16H15N7O2. The molecule has 0 aromatic rings. The Kier molecular flexibility index (Phi) is 7.24. The van der Waals surface area contributed by atoms with Crippen LogP contribution in [0.1, 0.15) is 6.42 Å². The molecule has 9 nitrogen and oxygen atoms in total. The first-order valence-electron chi connectivity index (χ1n) is 7.32. The number of hydrogen-bond donors (Lipinski definition) is 0. The van der Waals surface area contributed by atoms with Crippen LogP contribution in [0, 0.1) is 0 Å². The molecule has 9 heteroatoms. The molecule has 3 amide bonds. The smallest absolute Gasteiger partial charge is 0.289 e. The number of hydrogen-bond acceptors (Lipinski definition) is 6. The average Bonchev–Trinajstić information content (AvgIpc) is 2.58. The molecule has 0 radical (unpaired) electrons. The first-order chi connectivity index (χ1) is 12.3. The fraction of sp³-hybridized carbons (Fsp3) is 0.125. The van der Waals surface area contributed by atoms with Gasteiger partial charge in [-0.05, 0) is 29.5 Å². The monoisotopic (exact) mass is 337 g/mol. The van der Waals surface area contributed by atoms with Crippen molar-refractivity contribution in [3.8, 4) is 0 Å². The Bertz CT molecular complexity index is 767. The third-order valence-electron chi connectivity index (χ3n) is 2.80. The van der Waals surface area contributed by atoms with Crippen molar-refractivity contribution in [2.45, 2.75) is 6.42 Å². The maximum absolute atomic E-state index is 12.4. The van der Waals surface area contributed by atoms with Crippen molar-refractivity contribution in [1.29, 1.82) is 0 Å². The van der Waals surface area contributed by atoms with Crippen molar-refractivity contribution in [1.82, 2.24) is 4.90 Å². The van der Waals surface area contributed by atoms with Gasteiger partial charge in [-0.15, -0.1) is 10.2 Å². The summed E-state index contributed by atoms with van der Waals surface area (Å²) in [6, 6.07) is -0.693. The molecular weight excluding hydrogens is 322 g/mol. The Hall–Kier alpha value is -3.62. The number of nitrogens with zero attached hydrogens (tertiary/aromatic N) is 7. The Balaban J connectivity index is 2.29. The highest BCUT2D eigenvalue weighted by Crippen LogP contribution is 2.11. The molecule has 2 aliphatic rings. The number of urea groups is 1. The van der Waals surface area contributed by atoms with E-state index in [-0.39, 0.29) is 12.3 Å². The molecule has 25 heavy (non-hydrogen) atoms. The Morgan fingerprint density at radius 1 is 1.00 bits per heavy atom. The molecule has 126 valence electrons. The first kappa shape index (κ1) is 17.7. The maximum Gasteiger partial charge on any atom is 0.367 e. The summed E-state index contributed by atoms with van der Waals surface area (Å²) >= 11 is 0. The van der Waals surface area contributed by atoms with Crippen molar-refractivity contribution in [2.75, 3.05) is 6.54 Å². The Morgan fingerprint density at radius 3 is 2.80 bits per heavy atom. The van der Waals surface area contributed by atoms with Gasteiger partial charge in [0.1, 0.15) is 0 Å². The second kappa shape index (κ2) is 10.2. The molecule has 2 aliphatic heterocycles. The topological polar surface area (TPSA) is 112 Å². The van der Waals surface area contributed by atoms with Crippen LogP contribution in [-0.2, 0) is 4.79 Å². The second-order valence-corrected chi connectivity index (χ2v) is 4.50. The minimum Gasteiger partial charge on any atom is -0.289 e. The minimum atomic E-state index is -0.693. The lowest BCUT2D eigenvalue weighted by molar-refractivity contribution is -0.126. The Labute approximate surface area is 144 Å². The summed E-state index contributed by atoms with van der Waals surface area (Å²) in [7, 11) is 0. The van der Waals surface area contributed by atoms with Crippen molar-refractivity contribution in [3.05, 3.63) is 48.5 Å². The van der Waals surface area contributed by atoms with Crippen LogP contribution in [0.2, 0.25) is 0 Å². The highest BCUT2D eigenvalue weighted by atomic mass is 16.2. The lowest BCUT2D eigenvalue weighted by atomic mass is 10.2. The lowest BCUT2D eigenvalue weighted by Crippen LogP contribution is -2.24. The summed E-state index contributed by atoms with van der Waals surface area (Å²) in [6.45, 7) is 0.426. The molecule has 0 aromatic heterocycles. The van der Waals surface area contributed by atoms with Crippen molar-refractivity contribution in [2.24, 2.45) is 30.4 Å². The molecule has 0 aromatic carbocycles. The van der Waals surface area contributed by atoms with Crippen molar-refractivity contribution >= 4 is 36.8 Å². The zero-order chi connectivity index (χ0) is 17.7. The van der Waals surface area contributed by atoms with E-state index in [0.29, 0.717) is 12.2 Å². The number of aliphatic imine (C=N–C) groups is 3. The molecule has 0 bridgehead atoms. The number of fused-ring (bicyclic) bond motifs is 1. The fourth-order valence-electron chi connectivity index (χ4n) is 1.75. The minimum absolute atomic E-state index is 0.128. The highest BCUT2D eigenvalue weighted by Gasteiger charge is 2.12. The van der Waals surface area contributed by atoms with Crippen molar-refractivity contribution < 1.29 is 9.59 Å². The van der Waals surface area contributed by atoms with E-state index in [4.69, 9.17) is 0 Å². The van der Waals surface area contributed by atoms with Gasteiger partial charge in [0.15, 0.2) is 0 Å². The molecule has 0 spiro atoms. The van der Waals surface area contributed by atoms with Gasteiger partial charge in [0, 0.05) is 36.9 Å². The van der Waals surface area contributed by atoms with Gasteiger partial charge >= 0.3 is 6.03 Å². The van der Waals surface area contributed by atoms with Gasteiger partial charge in [0.05, 0.1) is 19.0 Å². The molecule has 2 heterocycles. The predicted molar refractivity (Wildman–Crippen MR) is 96.1 cm³/mol. The van der Waals surface area contributed by atoms with Crippen LogP contribution in [0.4, 0.5) is 4.79 Å². The summed E-state index contributed by atoms with van der Waals surface area (Å²) in [6.07, 6.45) is 16.6. The number of carbonyl (C=O) groups excluding carboxylic acids is 2. The lowest BCUT2D eigenvalue weighted by Gasteiger charge is -2.19. The molecule has 0 saturated carbocycles. The standard InChI is InChI=1S/C16H15N7O2/c24-15-5-2-9-20-22-21-12-11-19-16(25)18-8-1-4-14-6-10-17-7-3-13-23(14)15/h1-4,6-9,11-13H,5,10H2. The van der Waals surface area contributed by atoms with E-state index in [1.807, 2.05) is 0 Å². The number of carbonyl (C=O) groups is 2. The summed E-state index contributed by atoms with van der Waals surface area (Å²) in [4.78, 5) is 36.5. The molecule has 0 saturated heterocycles. The predicted octanol–water partition coefficient (Wildman–Crippen LogP) is 2.47. The maximum atomic E-state index is 12.4. The van der Waals surface area contributed by atoms with Crippen LogP contribution >= 0.6 is 0 Å². The summed E-state index contributed by atoms with van der Waals surface area (Å²) < 4.78 is 0. The molecule has 0 fully saturated rings. The number of allylic oxidation sites excluding steroid dienone is 3. The molecule has 2 rings (SSSR count). The van der Waals surface area contributed by atoms with E-state index >= 15 is 0 Å². The van der Waals surface area contributed by atoms with Gasteiger partial charge in [0.2, 0.25) is 5.91 Å². The summed E-state index contributed by atoms with van der Waals surface area (Å²) in [5, 5.41) is 10.7. The fourth-order valence-corrected chi connectivity index (χ4v) is 1.75. The van der Waals surface area contributed by atoms with Crippen LogP contribution < -0.4 is 0 Å². The van der Waals surface area contributed by atoms with E-state index < -0.39 is 6.03 Å². The van der Waals surface area contributed by atoms with Gasteiger partial charge in [-0.3, -0.25) is 14.7 Å². The van der Waals surface area contributed by atoms with E-state index in [1.165, 1.54) is 23.5 Å². The van der Waals surface area contributed by atoms with Crippen LogP contribution in [0.15, 0.2) is 78.9 Å². The summed E-state index contributed by atoms with van der Waals surface area (Å²) in [5.74, 6) is -0.168. The SMILES string of the molecule is O=C1N=CC=CC2=CCN=CC=CN2C(=O)CC=CN=NN=CC=N1.